The fraction of sp³-hybridized carbons (Fsp3) is 0.500. The van der Waals surface area contributed by atoms with E-state index in [1.807, 2.05) is 6.92 Å². The lowest BCUT2D eigenvalue weighted by Gasteiger charge is -2.15. The molecule has 1 rings (SSSR count). The standard InChI is InChI=1S/C10H17N3O2S/c1-7(6-16(3)14)12-10-8(11)4-5-9(13-10)15-2/h4-5,7H,6,11H2,1-3H3,(H,12,13). The molecule has 3 N–H and O–H groups in total. The third kappa shape index (κ3) is 3.69. The Morgan fingerprint density at radius 2 is 2.31 bits per heavy atom. The van der Waals surface area contributed by atoms with Gasteiger partial charge in [-0.05, 0) is 13.0 Å². The van der Waals surface area contributed by atoms with Crippen LogP contribution in [-0.4, -0.2) is 34.4 Å². The number of hydrogen-bond donors (Lipinski definition) is 2. The number of nitrogen functional groups attached to an aromatic ring is 1. The molecular formula is C10H17N3O2S. The van der Waals surface area contributed by atoms with Crippen LogP contribution in [0.4, 0.5) is 11.5 Å². The second kappa shape index (κ2) is 5.69. The molecule has 0 aliphatic carbocycles. The van der Waals surface area contributed by atoms with E-state index in [0.29, 0.717) is 23.1 Å². The number of methoxy groups -OCH3 is 1. The van der Waals surface area contributed by atoms with Crippen molar-refractivity contribution >= 4 is 22.3 Å². The van der Waals surface area contributed by atoms with Gasteiger partial charge in [-0.25, -0.2) is 0 Å². The van der Waals surface area contributed by atoms with Crippen molar-refractivity contribution in [1.29, 1.82) is 0 Å². The average molecular weight is 243 g/mol. The van der Waals surface area contributed by atoms with Gasteiger partial charge in [0.1, 0.15) is 0 Å². The normalized spacial score (nSPS) is 14.2. The molecule has 0 aliphatic rings. The van der Waals surface area contributed by atoms with E-state index < -0.39 is 10.8 Å². The van der Waals surface area contributed by atoms with Gasteiger partial charge in [0.25, 0.3) is 0 Å². The minimum absolute atomic E-state index is 0.0488. The Morgan fingerprint density at radius 1 is 1.62 bits per heavy atom. The summed E-state index contributed by atoms with van der Waals surface area (Å²) in [7, 11) is 0.703. The van der Waals surface area contributed by atoms with Gasteiger partial charge in [0, 0.05) is 34.9 Å². The molecule has 6 heteroatoms. The third-order valence-electron chi connectivity index (χ3n) is 1.98. The lowest BCUT2D eigenvalue weighted by atomic mass is 10.3. The molecule has 1 heterocycles. The number of aromatic nitrogens is 1. The van der Waals surface area contributed by atoms with Crippen LogP contribution in [0.5, 0.6) is 5.88 Å². The number of rotatable bonds is 5. The Kier molecular flexibility index (Phi) is 4.54. The van der Waals surface area contributed by atoms with Crippen LogP contribution in [-0.2, 0) is 10.8 Å². The summed E-state index contributed by atoms with van der Waals surface area (Å²) in [5.74, 6) is 1.62. The minimum atomic E-state index is -0.845. The van der Waals surface area contributed by atoms with Crippen LogP contribution in [0.2, 0.25) is 0 Å². The molecular weight excluding hydrogens is 226 g/mol. The van der Waals surface area contributed by atoms with Gasteiger partial charge in [0.15, 0.2) is 5.82 Å². The van der Waals surface area contributed by atoms with Gasteiger partial charge in [-0.3, -0.25) is 4.21 Å². The Hall–Kier alpha value is -1.30. The molecule has 0 fully saturated rings. The maximum atomic E-state index is 11.0. The first kappa shape index (κ1) is 12.8. The summed E-state index contributed by atoms with van der Waals surface area (Å²) in [6.45, 7) is 1.93. The highest BCUT2D eigenvalue weighted by atomic mass is 32.2. The second-order valence-corrected chi connectivity index (χ2v) is 5.06. The van der Waals surface area contributed by atoms with Crippen molar-refractivity contribution in [3.8, 4) is 5.88 Å². The number of nitrogens with zero attached hydrogens (tertiary/aromatic N) is 1. The predicted molar refractivity (Wildman–Crippen MR) is 67.2 cm³/mol. The van der Waals surface area contributed by atoms with Gasteiger partial charge in [0.05, 0.1) is 12.8 Å². The molecule has 0 saturated heterocycles. The van der Waals surface area contributed by atoms with Crippen molar-refractivity contribution < 1.29 is 8.95 Å². The van der Waals surface area contributed by atoms with E-state index >= 15 is 0 Å². The van der Waals surface area contributed by atoms with Crippen LogP contribution in [0.15, 0.2) is 12.1 Å². The molecule has 0 aromatic carbocycles. The molecule has 1 aromatic rings. The van der Waals surface area contributed by atoms with Crippen molar-refractivity contribution in [1.82, 2.24) is 4.98 Å². The van der Waals surface area contributed by atoms with E-state index in [2.05, 4.69) is 10.3 Å². The Labute approximate surface area is 97.9 Å². The van der Waals surface area contributed by atoms with E-state index in [1.165, 1.54) is 0 Å². The largest absolute Gasteiger partial charge is 0.481 e. The fourth-order valence-electron chi connectivity index (χ4n) is 1.31. The zero-order valence-electron chi connectivity index (χ0n) is 9.69. The van der Waals surface area contributed by atoms with E-state index in [0.717, 1.165) is 0 Å². The smallest absolute Gasteiger partial charge is 0.215 e. The number of hydrogen-bond acceptors (Lipinski definition) is 5. The first-order valence-corrected chi connectivity index (χ1v) is 6.62. The van der Waals surface area contributed by atoms with Gasteiger partial charge in [0.2, 0.25) is 5.88 Å². The number of ether oxygens (including phenoxy) is 1. The van der Waals surface area contributed by atoms with Crippen molar-refractivity contribution in [2.24, 2.45) is 0 Å². The molecule has 0 radical (unpaired) electrons. The Morgan fingerprint density at radius 3 is 2.88 bits per heavy atom. The highest BCUT2D eigenvalue weighted by Crippen LogP contribution is 2.20. The van der Waals surface area contributed by atoms with Crippen LogP contribution in [0.3, 0.4) is 0 Å². The molecule has 90 valence electrons. The highest BCUT2D eigenvalue weighted by molar-refractivity contribution is 7.84. The van der Waals surface area contributed by atoms with Crippen molar-refractivity contribution in [2.75, 3.05) is 30.2 Å². The van der Waals surface area contributed by atoms with Crippen molar-refractivity contribution in [2.45, 2.75) is 13.0 Å². The van der Waals surface area contributed by atoms with Gasteiger partial charge in [-0.1, -0.05) is 0 Å². The second-order valence-electron chi connectivity index (χ2n) is 3.58. The summed E-state index contributed by atoms with van der Waals surface area (Å²) in [6.07, 6.45) is 1.67. The van der Waals surface area contributed by atoms with Crippen LogP contribution < -0.4 is 15.8 Å². The Bertz CT molecular complexity index is 384. The molecule has 2 atom stereocenters. The summed E-state index contributed by atoms with van der Waals surface area (Å²) in [6, 6.07) is 3.47. The molecule has 16 heavy (non-hydrogen) atoms. The quantitative estimate of drug-likeness (QED) is 0.801. The molecule has 1 aromatic heterocycles. The van der Waals surface area contributed by atoms with Crippen LogP contribution in [0.1, 0.15) is 6.92 Å². The summed E-state index contributed by atoms with van der Waals surface area (Å²) >= 11 is 0. The molecule has 0 saturated carbocycles. The van der Waals surface area contributed by atoms with E-state index in [4.69, 9.17) is 10.5 Å². The molecule has 0 spiro atoms. The number of pyridine rings is 1. The first-order valence-electron chi connectivity index (χ1n) is 4.90. The summed E-state index contributed by atoms with van der Waals surface area (Å²) in [5, 5.41) is 3.11. The monoisotopic (exact) mass is 243 g/mol. The van der Waals surface area contributed by atoms with Gasteiger partial charge in [-0.15, -0.1) is 0 Å². The first-order chi connectivity index (χ1) is 7.52. The Balaban J connectivity index is 2.75. The number of nitrogens with one attached hydrogen (secondary N) is 1. The van der Waals surface area contributed by atoms with E-state index in [-0.39, 0.29) is 6.04 Å². The zero-order chi connectivity index (χ0) is 12.1. The lowest BCUT2D eigenvalue weighted by Crippen LogP contribution is -2.23. The van der Waals surface area contributed by atoms with Gasteiger partial charge >= 0.3 is 0 Å². The molecule has 5 nitrogen and oxygen atoms in total. The zero-order valence-corrected chi connectivity index (χ0v) is 10.5. The van der Waals surface area contributed by atoms with Crippen LogP contribution >= 0.6 is 0 Å². The highest BCUT2D eigenvalue weighted by Gasteiger charge is 2.08. The van der Waals surface area contributed by atoms with Crippen molar-refractivity contribution in [3.05, 3.63) is 12.1 Å². The molecule has 0 bridgehead atoms. The molecule has 2 unspecified atom stereocenters. The summed E-state index contributed by atoms with van der Waals surface area (Å²) in [4.78, 5) is 4.18. The predicted octanol–water partition coefficient (Wildman–Crippen LogP) is 0.851. The third-order valence-corrected chi connectivity index (χ3v) is 2.95. The lowest BCUT2D eigenvalue weighted by molar-refractivity contribution is 0.398. The van der Waals surface area contributed by atoms with Crippen LogP contribution in [0, 0.1) is 0 Å². The van der Waals surface area contributed by atoms with Crippen molar-refractivity contribution in [3.63, 3.8) is 0 Å². The van der Waals surface area contributed by atoms with Gasteiger partial charge in [-0.2, -0.15) is 4.98 Å². The molecule has 0 amide bonds. The maximum absolute atomic E-state index is 11.0. The SMILES string of the molecule is COc1ccc(N)c(NC(C)CS(C)=O)n1. The fourth-order valence-corrected chi connectivity index (χ4v) is 2.10. The van der Waals surface area contributed by atoms with E-state index in [9.17, 15) is 4.21 Å². The number of nitrogens with two attached hydrogens (primary N) is 1. The average Bonchev–Trinajstić information content (AvgIpc) is 2.20. The summed E-state index contributed by atoms with van der Waals surface area (Å²) < 4.78 is 16.1. The van der Waals surface area contributed by atoms with Gasteiger partial charge < -0.3 is 15.8 Å². The molecule has 0 aliphatic heterocycles. The topological polar surface area (TPSA) is 77.2 Å². The van der Waals surface area contributed by atoms with Crippen LogP contribution in [0.25, 0.3) is 0 Å². The van der Waals surface area contributed by atoms with E-state index in [1.54, 1.807) is 25.5 Å². The maximum Gasteiger partial charge on any atom is 0.215 e. The summed E-state index contributed by atoms with van der Waals surface area (Å²) in [5.41, 5.74) is 6.32. The number of anilines is 2. The minimum Gasteiger partial charge on any atom is -0.481 e.